The number of carbonyl (C=O) groups is 1. The van der Waals surface area contributed by atoms with Gasteiger partial charge in [-0.3, -0.25) is 19.5 Å². The maximum atomic E-state index is 12.9. The highest BCUT2D eigenvalue weighted by Gasteiger charge is 2.26. The Hall–Kier alpha value is -3.20. The first-order valence-electron chi connectivity index (χ1n) is 12.1. The molecule has 0 radical (unpaired) electrons. The predicted molar refractivity (Wildman–Crippen MR) is 129 cm³/mol. The van der Waals surface area contributed by atoms with Crippen LogP contribution < -0.4 is 15.8 Å². The van der Waals surface area contributed by atoms with Crippen molar-refractivity contribution in [3.05, 3.63) is 39.8 Å². The lowest BCUT2D eigenvalue weighted by atomic mass is 9.79. The maximum Gasteiger partial charge on any atom is 0.277 e. The van der Waals surface area contributed by atoms with Gasteiger partial charge in [0, 0.05) is 13.0 Å². The fourth-order valence-electron chi connectivity index (χ4n) is 5.00. The molecule has 182 valence electrons. The Labute approximate surface area is 198 Å². The van der Waals surface area contributed by atoms with Crippen LogP contribution in [-0.4, -0.2) is 37.5 Å². The van der Waals surface area contributed by atoms with Crippen LogP contribution in [0.3, 0.4) is 0 Å². The first-order chi connectivity index (χ1) is 16.4. The lowest BCUT2D eigenvalue weighted by Gasteiger charge is -2.27. The molecule has 0 saturated heterocycles. The molecule has 1 amide bonds. The second kappa shape index (κ2) is 10.4. The molecule has 9 nitrogen and oxygen atoms in total. The molecule has 3 aromatic rings. The fraction of sp³-hybridized carbons (Fsp3) is 0.520. The van der Waals surface area contributed by atoms with Crippen LogP contribution in [0.15, 0.2) is 23.0 Å². The Kier molecular flexibility index (Phi) is 7.31. The lowest BCUT2D eigenvalue weighted by molar-refractivity contribution is -0.134. The number of aromatic amines is 1. The number of hydrogen-bond donors (Lipinski definition) is 3. The van der Waals surface area contributed by atoms with E-state index in [1.54, 1.807) is 17.2 Å². The van der Waals surface area contributed by atoms with Crippen LogP contribution in [0.5, 0.6) is 5.75 Å². The summed E-state index contributed by atoms with van der Waals surface area (Å²) in [6, 6.07) is 6.06. The molecule has 1 fully saturated rings. The SMILES string of the molecule is CCCc1nn(C)c2c(=O)[nH]c(-c3cc(C[C@H]4CC[C@@H](C(=O)NO)CC4)ccc3OCC)nc12. The molecule has 0 bridgehead atoms. The molecule has 9 heteroatoms. The van der Waals surface area contributed by atoms with Gasteiger partial charge in [-0.15, -0.1) is 0 Å². The third-order valence-corrected chi connectivity index (χ3v) is 6.70. The topological polar surface area (TPSA) is 122 Å². The zero-order chi connectivity index (χ0) is 24.2. The van der Waals surface area contributed by atoms with Gasteiger partial charge in [-0.05, 0) is 69.1 Å². The van der Waals surface area contributed by atoms with Crippen molar-refractivity contribution in [2.45, 2.75) is 58.8 Å². The van der Waals surface area contributed by atoms with Crippen LogP contribution in [0.25, 0.3) is 22.4 Å². The molecule has 1 aromatic carbocycles. The Balaban J connectivity index is 1.66. The number of carbonyl (C=O) groups excluding carboxylic acids is 1. The Morgan fingerprint density at radius 1 is 1.26 bits per heavy atom. The molecule has 0 aliphatic heterocycles. The quantitative estimate of drug-likeness (QED) is 0.344. The summed E-state index contributed by atoms with van der Waals surface area (Å²) >= 11 is 0. The first kappa shape index (κ1) is 23.9. The number of aromatic nitrogens is 4. The molecule has 1 aliphatic carbocycles. The number of benzene rings is 1. The minimum atomic E-state index is -0.287. The van der Waals surface area contributed by atoms with Crippen molar-refractivity contribution in [1.29, 1.82) is 0 Å². The molecule has 2 aromatic heterocycles. The number of amides is 1. The number of H-pyrrole nitrogens is 1. The smallest absolute Gasteiger partial charge is 0.277 e. The van der Waals surface area contributed by atoms with Crippen molar-refractivity contribution in [3.63, 3.8) is 0 Å². The number of nitrogens with one attached hydrogen (secondary N) is 2. The van der Waals surface area contributed by atoms with Gasteiger partial charge in [0.25, 0.3) is 5.56 Å². The fourth-order valence-corrected chi connectivity index (χ4v) is 5.00. The highest BCUT2D eigenvalue weighted by Crippen LogP contribution is 2.34. The van der Waals surface area contributed by atoms with E-state index in [4.69, 9.17) is 14.9 Å². The summed E-state index contributed by atoms with van der Waals surface area (Å²) < 4.78 is 7.47. The highest BCUT2D eigenvalue weighted by atomic mass is 16.5. The van der Waals surface area contributed by atoms with Gasteiger partial charge in [0.05, 0.1) is 17.9 Å². The Morgan fingerprint density at radius 3 is 2.71 bits per heavy atom. The third-order valence-electron chi connectivity index (χ3n) is 6.70. The van der Waals surface area contributed by atoms with Crippen molar-refractivity contribution in [1.82, 2.24) is 25.2 Å². The van der Waals surface area contributed by atoms with Gasteiger partial charge < -0.3 is 9.72 Å². The summed E-state index contributed by atoms with van der Waals surface area (Å²) in [7, 11) is 1.77. The monoisotopic (exact) mass is 467 g/mol. The average Bonchev–Trinajstić information content (AvgIpc) is 3.16. The van der Waals surface area contributed by atoms with E-state index in [-0.39, 0.29) is 17.4 Å². The zero-order valence-corrected chi connectivity index (χ0v) is 20.1. The number of aryl methyl sites for hydroxylation is 2. The second-order valence-electron chi connectivity index (χ2n) is 9.09. The van der Waals surface area contributed by atoms with Gasteiger partial charge in [-0.2, -0.15) is 5.10 Å². The van der Waals surface area contributed by atoms with Gasteiger partial charge >= 0.3 is 0 Å². The minimum Gasteiger partial charge on any atom is -0.493 e. The van der Waals surface area contributed by atoms with Gasteiger partial charge in [-0.25, -0.2) is 10.5 Å². The molecule has 0 unspecified atom stereocenters. The Morgan fingerprint density at radius 2 is 2.03 bits per heavy atom. The van der Waals surface area contributed by atoms with Gasteiger partial charge in [-0.1, -0.05) is 19.4 Å². The van der Waals surface area contributed by atoms with Crippen LogP contribution in [0, 0.1) is 11.8 Å². The van der Waals surface area contributed by atoms with Crippen LogP contribution in [0.4, 0.5) is 0 Å². The van der Waals surface area contributed by atoms with Crippen molar-refractivity contribution in [2.75, 3.05) is 6.61 Å². The summed E-state index contributed by atoms with van der Waals surface area (Å²) in [5, 5.41) is 13.4. The Bertz CT molecular complexity index is 1220. The van der Waals surface area contributed by atoms with Crippen molar-refractivity contribution in [2.24, 2.45) is 18.9 Å². The normalized spacial score (nSPS) is 18.2. The minimum absolute atomic E-state index is 0.116. The van der Waals surface area contributed by atoms with E-state index in [1.165, 1.54) is 0 Å². The number of hydroxylamine groups is 1. The molecule has 3 N–H and O–H groups in total. The first-order valence-corrected chi connectivity index (χ1v) is 12.1. The van der Waals surface area contributed by atoms with E-state index in [0.717, 1.165) is 61.8 Å². The van der Waals surface area contributed by atoms with Crippen LogP contribution in [0.1, 0.15) is 57.2 Å². The molecule has 34 heavy (non-hydrogen) atoms. The summed E-state index contributed by atoms with van der Waals surface area (Å²) in [6.45, 7) is 4.51. The van der Waals surface area contributed by atoms with Crippen molar-refractivity contribution < 1.29 is 14.7 Å². The van der Waals surface area contributed by atoms with Crippen LogP contribution >= 0.6 is 0 Å². The summed E-state index contributed by atoms with van der Waals surface area (Å²) in [4.78, 5) is 32.4. The molecular weight excluding hydrogens is 434 g/mol. The summed E-state index contributed by atoms with van der Waals surface area (Å²) in [5.41, 5.74) is 5.40. The standard InChI is InChI=1S/C25H33N5O4/c1-4-6-19-21-22(30(3)28-19)25(32)27-23(26-21)18-14-16(9-12-20(18)34-5-2)13-15-7-10-17(11-8-15)24(31)29-33/h9,12,14-15,17,33H,4-8,10-11,13H2,1-3H3,(H,29,31)(H,26,27,32)/t15-,17+. The number of nitrogens with zero attached hydrogens (tertiary/aromatic N) is 3. The van der Waals surface area contributed by atoms with E-state index in [1.807, 2.05) is 13.0 Å². The number of hydrogen-bond acceptors (Lipinski definition) is 6. The molecule has 2 heterocycles. The molecule has 1 aliphatic rings. The average molecular weight is 468 g/mol. The lowest BCUT2D eigenvalue weighted by Crippen LogP contribution is -2.31. The third kappa shape index (κ3) is 4.84. The summed E-state index contributed by atoms with van der Waals surface area (Å²) in [6.07, 6.45) is 5.94. The second-order valence-corrected chi connectivity index (χ2v) is 9.09. The molecule has 1 saturated carbocycles. The maximum absolute atomic E-state index is 12.9. The van der Waals surface area contributed by atoms with Crippen molar-refractivity contribution >= 4 is 16.9 Å². The van der Waals surface area contributed by atoms with Gasteiger partial charge in [0.15, 0.2) is 5.52 Å². The predicted octanol–water partition coefficient (Wildman–Crippen LogP) is 3.53. The number of ether oxygens (including phenoxy) is 1. The molecule has 0 atom stereocenters. The van der Waals surface area contributed by atoms with Crippen molar-refractivity contribution in [3.8, 4) is 17.1 Å². The van der Waals surface area contributed by atoms with Crippen LogP contribution in [0.2, 0.25) is 0 Å². The van der Waals surface area contributed by atoms with Crippen LogP contribution in [-0.2, 0) is 24.7 Å². The van der Waals surface area contributed by atoms with E-state index >= 15 is 0 Å². The van der Waals surface area contributed by atoms with E-state index in [0.29, 0.717) is 35.1 Å². The molecule has 4 rings (SSSR count). The van der Waals surface area contributed by atoms with Gasteiger partial charge in [0.2, 0.25) is 5.91 Å². The summed E-state index contributed by atoms with van der Waals surface area (Å²) in [5.74, 6) is 1.21. The van der Waals surface area contributed by atoms with E-state index < -0.39 is 0 Å². The van der Waals surface area contributed by atoms with E-state index in [2.05, 4.69) is 29.1 Å². The largest absolute Gasteiger partial charge is 0.493 e. The number of rotatable bonds is 8. The zero-order valence-electron chi connectivity index (χ0n) is 20.1. The highest BCUT2D eigenvalue weighted by molar-refractivity contribution is 5.80. The molecule has 0 spiro atoms. The van der Waals surface area contributed by atoms with E-state index in [9.17, 15) is 9.59 Å². The van der Waals surface area contributed by atoms with Gasteiger partial charge in [0.1, 0.15) is 17.1 Å². The number of fused-ring (bicyclic) bond motifs is 1. The molecular formula is C25H33N5O4.